The van der Waals surface area contributed by atoms with Gasteiger partial charge in [0.2, 0.25) is 0 Å². The summed E-state index contributed by atoms with van der Waals surface area (Å²) in [5, 5.41) is 2.98. The Kier molecular flexibility index (Phi) is 9.46. The van der Waals surface area contributed by atoms with Gasteiger partial charge in [0.15, 0.2) is 0 Å². The van der Waals surface area contributed by atoms with E-state index in [0.29, 0.717) is 13.0 Å². The molecule has 6 heteroatoms. The molecule has 0 aliphatic heterocycles. The minimum absolute atomic E-state index is 0.146. The van der Waals surface area contributed by atoms with Gasteiger partial charge >= 0.3 is 12.1 Å². The van der Waals surface area contributed by atoms with Crippen LogP contribution in [0.1, 0.15) is 46.6 Å². The summed E-state index contributed by atoms with van der Waals surface area (Å²) in [7, 11) is 3.29. The number of carbonyl (C=O) groups is 2. The van der Waals surface area contributed by atoms with Crippen LogP contribution in [0.3, 0.4) is 0 Å². The first-order valence-corrected chi connectivity index (χ1v) is 9.88. The topological polar surface area (TPSA) is 67.9 Å². The lowest BCUT2D eigenvalue weighted by atomic mass is 9.97. The number of esters is 1. The molecule has 3 atom stereocenters. The summed E-state index contributed by atoms with van der Waals surface area (Å²) in [6.45, 7) is 10.2. The van der Waals surface area contributed by atoms with E-state index in [1.807, 2.05) is 63.1 Å². The molecule has 0 fully saturated rings. The van der Waals surface area contributed by atoms with E-state index < -0.39 is 17.7 Å². The Hall–Kier alpha value is -2.08. The van der Waals surface area contributed by atoms with Gasteiger partial charge in [0.25, 0.3) is 0 Å². The van der Waals surface area contributed by atoms with E-state index in [4.69, 9.17) is 9.47 Å². The highest BCUT2D eigenvalue weighted by atomic mass is 16.6. The second-order valence-electron chi connectivity index (χ2n) is 8.31. The zero-order valence-electron chi connectivity index (χ0n) is 18.3. The summed E-state index contributed by atoms with van der Waals surface area (Å²) in [5.74, 6) is -0.0588. The van der Waals surface area contributed by atoms with Gasteiger partial charge in [-0.3, -0.25) is 9.69 Å². The number of rotatable bonds is 9. The summed E-state index contributed by atoms with van der Waals surface area (Å²) in [6.07, 6.45) is 1.00. The number of nitrogens with zero attached hydrogens (tertiary/aromatic N) is 1. The third kappa shape index (κ3) is 8.30. The lowest BCUT2D eigenvalue weighted by Crippen LogP contribution is -2.52. The van der Waals surface area contributed by atoms with Crippen LogP contribution in [-0.4, -0.2) is 55.3 Å². The highest BCUT2D eigenvalue weighted by Crippen LogP contribution is 2.15. The van der Waals surface area contributed by atoms with Crippen LogP contribution in [0.5, 0.6) is 0 Å². The van der Waals surface area contributed by atoms with Gasteiger partial charge in [-0.2, -0.15) is 0 Å². The molecule has 0 heterocycles. The molecule has 6 nitrogen and oxygen atoms in total. The Morgan fingerprint density at radius 3 is 2.29 bits per heavy atom. The zero-order valence-corrected chi connectivity index (χ0v) is 18.3. The lowest BCUT2D eigenvalue weighted by molar-refractivity contribution is -0.146. The van der Waals surface area contributed by atoms with Gasteiger partial charge in [0.1, 0.15) is 11.6 Å². The first kappa shape index (κ1) is 24.0. The number of amides is 1. The van der Waals surface area contributed by atoms with Crippen molar-refractivity contribution in [3.05, 3.63) is 35.9 Å². The Labute approximate surface area is 169 Å². The number of alkyl carbamates (subject to hydrolysis) is 1. The summed E-state index contributed by atoms with van der Waals surface area (Å²) in [6, 6.07) is 9.27. The Balaban J connectivity index is 2.90. The number of benzene rings is 1. The van der Waals surface area contributed by atoms with E-state index in [1.165, 1.54) is 7.11 Å². The average molecular weight is 393 g/mol. The van der Waals surface area contributed by atoms with Crippen molar-refractivity contribution in [3.63, 3.8) is 0 Å². The third-order valence-corrected chi connectivity index (χ3v) is 4.79. The molecule has 0 unspecified atom stereocenters. The number of ether oxygens (including phenoxy) is 2. The SMILES string of the molecule is CC[C@H](C)[C@@H](CN(C)[C@@H](Cc1ccccc1)C(=O)OC)NC(=O)OC(C)(C)C. The molecular weight excluding hydrogens is 356 g/mol. The van der Waals surface area contributed by atoms with E-state index in [0.717, 1.165) is 12.0 Å². The van der Waals surface area contributed by atoms with Crippen LogP contribution < -0.4 is 5.32 Å². The molecular formula is C22H36N2O4. The second-order valence-corrected chi connectivity index (χ2v) is 8.31. The molecule has 0 aromatic heterocycles. The first-order chi connectivity index (χ1) is 13.1. The van der Waals surface area contributed by atoms with Crippen molar-refractivity contribution in [3.8, 4) is 0 Å². The number of hydrogen-bond acceptors (Lipinski definition) is 5. The molecule has 1 N–H and O–H groups in total. The maximum atomic E-state index is 12.4. The average Bonchev–Trinajstić information content (AvgIpc) is 2.63. The molecule has 0 radical (unpaired) electrons. The van der Waals surface area contributed by atoms with E-state index in [-0.39, 0.29) is 17.9 Å². The number of methoxy groups -OCH3 is 1. The van der Waals surface area contributed by atoms with Crippen LogP contribution in [0.4, 0.5) is 4.79 Å². The normalized spacial score (nSPS) is 14.9. The van der Waals surface area contributed by atoms with E-state index in [2.05, 4.69) is 19.2 Å². The Morgan fingerprint density at radius 2 is 1.79 bits per heavy atom. The summed E-state index contributed by atoms with van der Waals surface area (Å²) in [5.41, 5.74) is 0.502. The van der Waals surface area contributed by atoms with Gasteiger partial charge in [0, 0.05) is 12.6 Å². The largest absolute Gasteiger partial charge is 0.468 e. The van der Waals surface area contributed by atoms with Crippen LogP contribution in [0, 0.1) is 5.92 Å². The van der Waals surface area contributed by atoms with E-state index in [9.17, 15) is 9.59 Å². The van der Waals surface area contributed by atoms with Crippen LogP contribution in [0.25, 0.3) is 0 Å². The van der Waals surface area contributed by atoms with Crippen molar-refractivity contribution >= 4 is 12.1 Å². The smallest absolute Gasteiger partial charge is 0.407 e. The molecule has 1 aromatic carbocycles. The molecule has 1 rings (SSSR count). The van der Waals surface area contributed by atoms with E-state index in [1.54, 1.807) is 0 Å². The number of likely N-dealkylation sites (N-methyl/N-ethyl adjacent to an activating group) is 1. The fourth-order valence-corrected chi connectivity index (χ4v) is 2.94. The summed E-state index contributed by atoms with van der Waals surface area (Å²) >= 11 is 0. The fourth-order valence-electron chi connectivity index (χ4n) is 2.94. The number of hydrogen-bond donors (Lipinski definition) is 1. The van der Waals surface area contributed by atoms with E-state index >= 15 is 0 Å². The molecule has 0 saturated heterocycles. The predicted octanol–water partition coefficient (Wildman–Crippen LogP) is 3.64. The van der Waals surface area contributed by atoms with Crippen LogP contribution in [0.2, 0.25) is 0 Å². The van der Waals surface area contributed by atoms with Crippen molar-refractivity contribution in [1.82, 2.24) is 10.2 Å². The molecule has 158 valence electrons. The monoisotopic (exact) mass is 392 g/mol. The van der Waals surface area contributed by atoms with Crippen molar-refractivity contribution in [1.29, 1.82) is 0 Å². The molecule has 0 spiro atoms. The van der Waals surface area contributed by atoms with Crippen LogP contribution in [0.15, 0.2) is 30.3 Å². The molecule has 0 aliphatic carbocycles. The summed E-state index contributed by atoms with van der Waals surface area (Å²) < 4.78 is 10.4. The minimum Gasteiger partial charge on any atom is -0.468 e. The quantitative estimate of drug-likeness (QED) is 0.650. The van der Waals surface area contributed by atoms with Crippen molar-refractivity contribution in [2.24, 2.45) is 5.92 Å². The summed E-state index contributed by atoms with van der Waals surface area (Å²) in [4.78, 5) is 26.6. The van der Waals surface area contributed by atoms with Crippen molar-refractivity contribution < 1.29 is 19.1 Å². The zero-order chi connectivity index (χ0) is 21.3. The van der Waals surface area contributed by atoms with Crippen LogP contribution in [-0.2, 0) is 20.7 Å². The van der Waals surface area contributed by atoms with Gasteiger partial charge in [-0.15, -0.1) is 0 Å². The predicted molar refractivity (Wildman–Crippen MR) is 111 cm³/mol. The van der Waals surface area contributed by atoms with Gasteiger partial charge in [-0.05, 0) is 45.7 Å². The lowest BCUT2D eigenvalue weighted by Gasteiger charge is -2.33. The second kappa shape index (κ2) is 11.1. The van der Waals surface area contributed by atoms with Gasteiger partial charge in [-0.25, -0.2) is 4.79 Å². The fraction of sp³-hybridized carbons (Fsp3) is 0.636. The number of nitrogens with one attached hydrogen (secondary N) is 1. The van der Waals surface area contributed by atoms with Gasteiger partial charge < -0.3 is 14.8 Å². The van der Waals surface area contributed by atoms with Gasteiger partial charge in [0.05, 0.1) is 7.11 Å². The third-order valence-electron chi connectivity index (χ3n) is 4.79. The maximum Gasteiger partial charge on any atom is 0.407 e. The molecule has 28 heavy (non-hydrogen) atoms. The molecule has 1 aromatic rings. The molecule has 1 amide bonds. The highest BCUT2D eigenvalue weighted by Gasteiger charge is 2.29. The molecule has 0 saturated carbocycles. The number of carbonyl (C=O) groups excluding carboxylic acids is 2. The first-order valence-electron chi connectivity index (χ1n) is 9.88. The Morgan fingerprint density at radius 1 is 1.18 bits per heavy atom. The maximum absolute atomic E-state index is 12.4. The minimum atomic E-state index is -0.558. The van der Waals surface area contributed by atoms with Crippen molar-refractivity contribution in [2.45, 2.75) is 65.1 Å². The highest BCUT2D eigenvalue weighted by molar-refractivity contribution is 5.76. The molecule has 0 bridgehead atoms. The van der Waals surface area contributed by atoms with Gasteiger partial charge in [-0.1, -0.05) is 50.6 Å². The van der Waals surface area contributed by atoms with Crippen LogP contribution >= 0.6 is 0 Å². The van der Waals surface area contributed by atoms with Crippen molar-refractivity contribution in [2.75, 3.05) is 20.7 Å². The Bertz CT molecular complexity index is 613. The molecule has 0 aliphatic rings. The standard InChI is InChI=1S/C22H36N2O4/c1-8-16(2)18(23-21(26)28-22(3,4)5)15-24(6)19(20(25)27-7)14-17-12-10-9-11-13-17/h9-13,16,18-19H,8,14-15H2,1-7H3,(H,23,26)/t16-,18+,19-/m0/s1.